The van der Waals surface area contributed by atoms with Gasteiger partial charge in [-0.2, -0.15) is 9.36 Å². The zero-order valence-corrected chi connectivity index (χ0v) is 20.8. The van der Waals surface area contributed by atoms with Crippen molar-refractivity contribution >= 4 is 57.9 Å². The zero-order valence-electron chi connectivity index (χ0n) is 19.2. The van der Waals surface area contributed by atoms with Crippen molar-refractivity contribution in [3.05, 3.63) is 53.7 Å². The number of nitrogens with zero attached hydrogens (tertiary/aromatic N) is 6. The third-order valence-electron chi connectivity index (χ3n) is 5.60. The van der Waals surface area contributed by atoms with Gasteiger partial charge < -0.3 is 36.4 Å². The molecule has 5 heterocycles. The summed E-state index contributed by atoms with van der Waals surface area (Å²) < 4.78 is 3.88. The molecule has 6 N–H and O–H groups in total. The molecular weight excluding hydrogens is 542 g/mol. The van der Waals surface area contributed by atoms with E-state index >= 15 is 0 Å². The van der Waals surface area contributed by atoms with Crippen LogP contribution in [0.2, 0.25) is 0 Å². The number of carbonyl (C=O) groups is 4. The van der Waals surface area contributed by atoms with Gasteiger partial charge in [-0.05, 0) is 17.7 Å². The number of aromatic nitrogens is 2. The van der Waals surface area contributed by atoms with Crippen LogP contribution in [-0.2, 0) is 24.0 Å². The molecule has 0 unspecified atom stereocenters. The molecule has 4 aliphatic rings. The number of fused-ring (bicyclic) bond motifs is 2. The molecule has 1 aromatic heterocycles. The van der Waals surface area contributed by atoms with Gasteiger partial charge in [0.05, 0.1) is 0 Å². The second-order valence-corrected chi connectivity index (χ2v) is 9.88. The quantitative estimate of drug-likeness (QED) is 0.134. The van der Waals surface area contributed by atoms with Gasteiger partial charge in [0.2, 0.25) is 18.1 Å². The van der Waals surface area contributed by atoms with Crippen molar-refractivity contribution in [3.8, 4) is 0 Å². The summed E-state index contributed by atoms with van der Waals surface area (Å²) >= 11 is 2.08. The fourth-order valence-electron chi connectivity index (χ4n) is 4.00. The molecule has 1 aromatic rings. The lowest BCUT2D eigenvalue weighted by Crippen LogP contribution is -2.71. The maximum Gasteiger partial charge on any atom is 0.352 e. The predicted molar refractivity (Wildman–Crippen MR) is 132 cm³/mol. The number of nitrogen functional groups attached to an aromatic ring is 1. The summed E-state index contributed by atoms with van der Waals surface area (Å²) in [5, 5.41) is 25.9. The van der Waals surface area contributed by atoms with Crippen molar-refractivity contribution in [1.82, 2.24) is 34.9 Å². The van der Waals surface area contributed by atoms with E-state index in [4.69, 9.17) is 10.8 Å². The second-order valence-electron chi connectivity index (χ2n) is 7.99. The average Bonchev–Trinajstić information content (AvgIpc) is 3.50. The molecule has 0 aliphatic carbocycles. The lowest BCUT2D eigenvalue weighted by molar-refractivity contribution is -0.150. The lowest BCUT2D eigenvalue weighted by atomic mass is 10.0. The third-order valence-corrected chi connectivity index (χ3v) is 7.48. The number of anilines is 1. The number of thioether (sulfide) groups is 1. The Kier molecular flexibility index (Phi) is 6.64. The van der Waals surface area contributed by atoms with Gasteiger partial charge in [0.15, 0.2) is 5.13 Å². The zero-order chi connectivity index (χ0) is 27.0. The van der Waals surface area contributed by atoms with Gasteiger partial charge in [0.25, 0.3) is 11.8 Å². The minimum Gasteiger partial charge on any atom is -0.479 e. The number of oxime groups is 1. The highest BCUT2D eigenvalue weighted by Crippen LogP contribution is 2.41. The first-order valence-corrected chi connectivity index (χ1v) is 12.7. The number of hydrazine groups is 1. The number of nitrogens with two attached hydrogens (primary N) is 1. The molecule has 16 nitrogen and oxygen atoms in total. The SMILES string of the molecule is Nc1nc(/C(=N/OCC(=O)O)C(=O)N[C@@H]2C(=O)N3C(C(=O)O)=C(CN4C=CN5NC=CC=C45)CS[C@@H]23)ns1. The number of hydrogen-bond donors (Lipinski definition) is 5. The molecule has 2 amide bonds. The first-order chi connectivity index (χ1) is 18.2. The van der Waals surface area contributed by atoms with Crippen molar-refractivity contribution < 1.29 is 34.2 Å². The highest BCUT2D eigenvalue weighted by Gasteiger charge is 2.54. The van der Waals surface area contributed by atoms with Gasteiger partial charge in [-0.1, -0.05) is 5.16 Å². The van der Waals surface area contributed by atoms with E-state index in [0.717, 1.165) is 22.3 Å². The summed E-state index contributed by atoms with van der Waals surface area (Å²) in [5.74, 6) is -3.23. The molecule has 0 aromatic carbocycles. The van der Waals surface area contributed by atoms with E-state index in [0.29, 0.717) is 11.3 Å². The fraction of sp³-hybridized carbons (Fsp3) is 0.250. The minimum atomic E-state index is -1.32. The molecule has 5 rings (SSSR count). The number of carboxylic acids is 2. The number of nitrogens with one attached hydrogen (secondary N) is 2. The van der Waals surface area contributed by atoms with E-state index in [1.165, 1.54) is 11.8 Å². The largest absolute Gasteiger partial charge is 0.479 e. The van der Waals surface area contributed by atoms with Crippen molar-refractivity contribution in [1.29, 1.82) is 0 Å². The van der Waals surface area contributed by atoms with Crippen LogP contribution in [0.25, 0.3) is 0 Å². The predicted octanol–water partition coefficient (Wildman–Crippen LogP) is -1.37. The summed E-state index contributed by atoms with van der Waals surface area (Å²) in [7, 11) is 0. The number of amides is 2. The number of allylic oxidation sites excluding steroid dienone is 2. The fourth-order valence-corrected chi connectivity index (χ4v) is 5.77. The average molecular weight is 562 g/mol. The van der Waals surface area contributed by atoms with E-state index in [2.05, 4.69) is 30.1 Å². The van der Waals surface area contributed by atoms with Crippen molar-refractivity contribution in [2.45, 2.75) is 11.4 Å². The van der Waals surface area contributed by atoms with Crippen LogP contribution in [0.5, 0.6) is 0 Å². The Bertz CT molecular complexity index is 1370. The molecule has 2 atom stereocenters. The Morgan fingerprint density at radius 1 is 1.32 bits per heavy atom. The molecule has 4 aliphatic heterocycles. The van der Waals surface area contributed by atoms with E-state index < -0.39 is 47.5 Å². The molecule has 1 saturated heterocycles. The Morgan fingerprint density at radius 3 is 2.84 bits per heavy atom. The molecule has 0 bridgehead atoms. The second kappa shape index (κ2) is 10.1. The number of carboxylic acid groups (broad SMARTS) is 2. The minimum absolute atomic E-state index is 0.0306. The topological polar surface area (TPSA) is 216 Å². The molecule has 18 heteroatoms. The first kappa shape index (κ1) is 25.1. The molecule has 0 radical (unpaired) electrons. The molecule has 198 valence electrons. The van der Waals surface area contributed by atoms with E-state index in [1.807, 2.05) is 17.1 Å². The standard InChI is InChI=1S/C20H19N9O7S2/c21-20-24-15(26-38-20)12(25-36-7-11(30)31)16(32)23-13-17(33)29-14(19(34)35)9(8-37-18(13)29)6-27-4-5-28-10(27)2-1-3-22-28/h1-5,13,18,22H,6-8H2,(H,23,32)(H,30,31)(H,34,35)(H2,21,24,26)/b25-12-/t13-,18+/m1/s1. The monoisotopic (exact) mass is 561 g/mol. The van der Waals surface area contributed by atoms with Gasteiger partial charge in [-0.25, -0.2) is 14.6 Å². The maximum absolute atomic E-state index is 13.1. The van der Waals surface area contributed by atoms with Crippen LogP contribution >= 0.6 is 23.3 Å². The van der Waals surface area contributed by atoms with Crippen molar-refractivity contribution in [2.24, 2.45) is 5.16 Å². The Labute approximate surface area is 221 Å². The maximum atomic E-state index is 13.1. The molecule has 38 heavy (non-hydrogen) atoms. The van der Waals surface area contributed by atoms with Gasteiger partial charge in [-0.15, -0.1) is 11.8 Å². The number of carbonyl (C=O) groups excluding carboxylic acids is 2. The van der Waals surface area contributed by atoms with Crippen LogP contribution in [0.15, 0.2) is 53.0 Å². The van der Waals surface area contributed by atoms with Gasteiger partial charge >= 0.3 is 11.9 Å². The summed E-state index contributed by atoms with van der Waals surface area (Å²) in [4.78, 5) is 60.5. The van der Waals surface area contributed by atoms with Crippen LogP contribution in [0.4, 0.5) is 5.13 Å². The van der Waals surface area contributed by atoms with Crippen LogP contribution in [0, 0.1) is 0 Å². The highest BCUT2D eigenvalue weighted by atomic mass is 32.2. The first-order valence-electron chi connectivity index (χ1n) is 10.8. The van der Waals surface area contributed by atoms with Crippen LogP contribution in [0.1, 0.15) is 5.82 Å². The number of hydrogen-bond acceptors (Lipinski definition) is 14. The third kappa shape index (κ3) is 4.61. The summed E-state index contributed by atoms with van der Waals surface area (Å²) in [5.41, 5.74) is 8.52. The van der Waals surface area contributed by atoms with E-state index in [1.54, 1.807) is 23.6 Å². The molecular formula is C20H19N9O7S2. The summed E-state index contributed by atoms with van der Waals surface area (Å²) in [6, 6.07) is -1.07. The van der Waals surface area contributed by atoms with Gasteiger partial charge in [0, 0.05) is 42.4 Å². The van der Waals surface area contributed by atoms with Crippen LogP contribution in [-0.4, -0.2) is 94.2 Å². The smallest absolute Gasteiger partial charge is 0.352 e. The van der Waals surface area contributed by atoms with Crippen molar-refractivity contribution in [3.63, 3.8) is 0 Å². The number of aliphatic carboxylic acids is 2. The van der Waals surface area contributed by atoms with Crippen LogP contribution < -0.4 is 16.5 Å². The molecule has 1 fully saturated rings. The van der Waals surface area contributed by atoms with Crippen LogP contribution in [0.3, 0.4) is 0 Å². The molecule has 0 saturated carbocycles. The Balaban J connectivity index is 1.32. The van der Waals surface area contributed by atoms with Gasteiger partial charge in [0.1, 0.15) is 22.9 Å². The van der Waals surface area contributed by atoms with E-state index in [9.17, 15) is 24.3 Å². The van der Waals surface area contributed by atoms with Gasteiger partial charge in [-0.3, -0.25) is 14.5 Å². The van der Waals surface area contributed by atoms with E-state index in [-0.39, 0.29) is 23.2 Å². The highest BCUT2D eigenvalue weighted by molar-refractivity contribution is 8.00. The van der Waals surface area contributed by atoms with Crippen molar-refractivity contribution in [2.75, 3.05) is 24.6 Å². The number of rotatable bonds is 9. The normalized spacial score (nSPS) is 21.9. The summed E-state index contributed by atoms with van der Waals surface area (Å²) in [6.07, 6.45) is 9.01. The Morgan fingerprint density at radius 2 is 2.13 bits per heavy atom. The lowest BCUT2D eigenvalue weighted by Gasteiger charge is -2.49. The molecule has 0 spiro atoms. The number of β-lactam (4-membered cyclic amide) rings is 1. The Hall–Kier alpha value is -4.58. The summed E-state index contributed by atoms with van der Waals surface area (Å²) in [6.45, 7) is -0.584.